The minimum Gasteiger partial charge on any atom is -0.487 e. The quantitative estimate of drug-likeness (QED) is 0.238. The highest BCUT2D eigenvalue weighted by atomic mass is 35.5. The second-order valence-corrected chi connectivity index (χ2v) is 5.17. The van der Waals surface area contributed by atoms with Crippen LogP contribution in [0.3, 0.4) is 0 Å². The van der Waals surface area contributed by atoms with Crippen LogP contribution in [0.4, 0.5) is 5.69 Å². The van der Waals surface area contributed by atoms with E-state index in [1.54, 1.807) is 23.9 Å². The Morgan fingerprint density at radius 1 is 1.50 bits per heavy atom. The molecule has 0 unspecified atom stereocenters. The SMILES string of the molecule is CCCOc1cc(SCCCCl)ccc1[N+](=O)[O-]. The van der Waals surface area contributed by atoms with E-state index < -0.39 is 4.92 Å². The van der Waals surface area contributed by atoms with Crippen molar-refractivity contribution in [2.75, 3.05) is 18.2 Å². The van der Waals surface area contributed by atoms with Gasteiger partial charge in [-0.1, -0.05) is 6.92 Å². The van der Waals surface area contributed by atoms with Crippen molar-refractivity contribution in [2.24, 2.45) is 0 Å². The minimum atomic E-state index is -0.418. The van der Waals surface area contributed by atoms with Gasteiger partial charge in [-0.3, -0.25) is 10.1 Å². The van der Waals surface area contributed by atoms with Crippen LogP contribution >= 0.6 is 23.4 Å². The third-order valence-corrected chi connectivity index (χ3v) is 3.48. The van der Waals surface area contributed by atoms with Crippen LogP contribution in [0.5, 0.6) is 5.75 Å². The van der Waals surface area contributed by atoms with Crippen molar-refractivity contribution in [3.63, 3.8) is 0 Å². The number of nitro groups is 1. The molecule has 0 aliphatic carbocycles. The summed E-state index contributed by atoms with van der Waals surface area (Å²) in [6.45, 7) is 2.45. The number of ether oxygens (including phenoxy) is 1. The van der Waals surface area contributed by atoms with E-state index in [9.17, 15) is 10.1 Å². The van der Waals surface area contributed by atoms with Gasteiger partial charge in [-0.15, -0.1) is 23.4 Å². The van der Waals surface area contributed by atoms with Crippen LogP contribution < -0.4 is 4.74 Å². The summed E-state index contributed by atoms with van der Waals surface area (Å²) < 4.78 is 5.41. The third kappa shape index (κ3) is 4.74. The van der Waals surface area contributed by atoms with E-state index in [2.05, 4.69) is 0 Å². The molecular formula is C12H16ClNO3S. The molecule has 0 spiro atoms. The lowest BCUT2D eigenvalue weighted by Gasteiger charge is -2.07. The second-order valence-electron chi connectivity index (χ2n) is 3.63. The first kappa shape index (κ1) is 15.1. The van der Waals surface area contributed by atoms with E-state index in [0.717, 1.165) is 23.5 Å². The number of benzene rings is 1. The van der Waals surface area contributed by atoms with Crippen molar-refractivity contribution < 1.29 is 9.66 Å². The monoisotopic (exact) mass is 289 g/mol. The van der Waals surface area contributed by atoms with Gasteiger partial charge in [0, 0.05) is 22.9 Å². The lowest BCUT2D eigenvalue weighted by Crippen LogP contribution is -1.99. The number of hydrogen-bond acceptors (Lipinski definition) is 4. The summed E-state index contributed by atoms with van der Waals surface area (Å²) in [4.78, 5) is 11.4. The highest BCUT2D eigenvalue weighted by Crippen LogP contribution is 2.32. The molecule has 0 aliphatic rings. The lowest BCUT2D eigenvalue weighted by molar-refractivity contribution is -0.385. The number of rotatable bonds is 8. The van der Waals surface area contributed by atoms with E-state index in [1.165, 1.54) is 6.07 Å². The van der Waals surface area contributed by atoms with Gasteiger partial charge < -0.3 is 4.74 Å². The fraction of sp³-hybridized carbons (Fsp3) is 0.500. The smallest absolute Gasteiger partial charge is 0.310 e. The number of thioether (sulfide) groups is 1. The number of hydrogen-bond donors (Lipinski definition) is 0. The predicted octanol–water partition coefficient (Wildman–Crippen LogP) is 4.10. The summed E-state index contributed by atoms with van der Waals surface area (Å²) >= 11 is 7.23. The highest BCUT2D eigenvalue weighted by molar-refractivity contribution is 7.99. The predicted molar refractivity (Wildman–Crippen MR) is 74.9 cm³/mol. The molecule has 1 rings (SSSR count). The van der Waals surface area contributed by atoms with Crippen molar-refractivity contribution in [1.82, 2.24) is 0 Å². The van der Waals surface area contributed by atoms with Crippen molar-refractivity contribution in [2.45, 2.75) is 24.7 Å². The van der Waals surface area contributed by atoms with Gasteiger partial charge in [0.25, 0.3) is 0 Å². The molecule has 1 aromatic carbocycles. The molecule has 6 heteroatoms. The third-order valence-electron chi connectivity index (χ3n) is 2.14. The zero-order valence-electron chi connectivity index (χ0n) is 10.2. The molecule has 0 N–H and O–H groups in total. The zero-order valence-corrected chi connectivity index (χ0v) is 11.8. The molecule has 0 fully saturated rings. The molecule has 0 atom stereocenters. The summed E-state index contributed by atoms with van der Waals surface area (Å²) in [7, 11) is 0. The zero-order chi connectivity index (χ0) is 13.4. The minimum absolute atomic E-state index is 0.0187. The molecule has 0 radical (unpaired) electrons. The van der Waals surface area contributed by atoms with Gasteiger partial charge >= 0.3 is 5.69 Å². The summed E-state index contributed by atoms with van der Waals surface area (Å²) in [5.41, 5.74) is 0.0187. The van der Waals surface area contributed by atoms with Gasteiger partial charge in [0.05, 0.1) is 11.5 Å². The van der Waals surface area contributed by atoms with Gasteiger partial charge in [-0.25, -0.2) is 0 Å². The molecule has 0 aromatic heterocycles. The van der Waals surface area contributed by atoms with Crippen LogP contribution in [-0.4, -0.2) is 23.2 Å². The molecule has 0 amide bonds. The Morgan fingerprint density at radius 3 is 2.89 bits per heavy atom. The summed E-state index contributed by atoms with van der Waals surface area (Å²) in [6, 6.07) is 4.97. The van der Waals surface area contributed by atoms with Crippen LogP contribution in [0.2, 0.25) is 0 Å². The van der Waals surface area contributed by atoms with Crippen LogP contribution in [0.15, 0.2) is 23.1 Å². The average Bonchev–Trinajstić information content (AvgIpc) is 2.36. The van der Waals surface area contributed by atoms with Crippen molar-refractivity contribution in [3.05, 3.63) is 28.3 Å². The fourth-order valence-corrected chi connectivity index (χ4v) is 2.48. The normalized spacial score (nSPS) is 10.3. The van der Waals surface area contributed by atoms with Crippen molar-refractivity contribution in [1.29, 1.82) is 0 Å². The Kier molecular flexibility index (Phi) is 6.90. The Morgan fingerprint density at radius 2 is 2.28 bits per heavy atom. The maximum absolute atomic E-state index is 10.9. The van der Waals surface area contributed by atoms with Gasteiger partial charge in [0.1, 0.15) is 0 Å². The Labute approximate surface area is 116 Å². The molecule has 0 bridgehead atoms. The van der Waals surface area contributed by atoms with E-state index in [1.807, 2.05) is 6.92 Å². The van der Waals surface area contributed by atoms with Crippen LogP contribution in [-0.2, 0) is 0 Å². The Balaban J connectivity index is 2.80. The standard InChI is InChI=1S/C12H16ClNO3S/c1-2-7-17-12-9-10(18-8-3-6-13)4-5-11(12)14(15)16/h4-5,9H,2-3,6-8H2,1H3. The van der Waals surface area contributed by atoms with Gasteiger partial charge in [0.15, 0.2) is 5.75 Å². The molecule has 0 saturated heterocycles. The van der Waals surface area contributed by atoms with E-state index in [-0.39, 0.29) is 5.69 Å². The van der Waals surface area contributed by atoms with E-state index >= 15 is 0 Å². The first-order valence-corrected chi connectivity index (χ1v) is 7.31. The summed E-state index contributed by atoms with van der Waals surface area (Å²) in [6.07, 6.45) is 1.73. The number of nitrogens with zero attached hydrogens (tertiary/aromatic N) is 1. The number of halogens is 1. The van der Waals surface area contributed by atoms with Crippen LogP contribution in [0, 0.1) is 10.1 Å². The first-order chi connectivity index (χ1) is 8.69. The summed E-state index contributed by atoms with van der Waals surface area (Å²) in [5, 5.41) is 10.9. The lowest BCUT2D eigenvalue weighted by atomic mass is 10.3. The topological polar surface area (TPSA) is 52.4 Å². The molecule has 18 heavy (non-hydrogen) atoms. The van der Waals surface area contributed by atoms with Gasteiger partial charge in [-0.05, 0) is 24.7 Å². The number of alkyl halides is 1. The molecule has 1 aromatic rings. The van der Waals surface area contributed by atoms with Crippen molar-refractivity contribution >= 4 is 29.1 Å². The maximum atomic E-state index is 10.9. The van der Waals surface area contributed by atoms with E-state index in [4.69, 9.17) is 16.3 Å². The Hall–Kier alpha value is -0.940. The average molecular weight is 290 g/mol. The van der Waals surface area contributed by atoms with Crippen LogP contribution in [0.25, 0.3) is 0 Å². The molecule has 0 saturated carbocycles. The number of nitro benzene ring substituents is 1. The van der Waals surface area contributed by atoms with Gasteiger partial charge in [0.2, 0.25) is 0 Å². The van der Waals surface area contributed by atoms with Gasteiger partial charge in [-0.2, -0.15) is 0 Å². The molecule has 100 valence electrons. The first-order valence-electron chi connectivity index (χ1n) is 5.79. The maximum Gasteiger partial charge on any atom is 0.310 e. The largest absolute Gasteiger partial charge is 0.487 e. The highest BCUT2D eigenvalue weighted by Gasteiger charge is 2.15. The van der Waals surface area contributed by atoms with Crippen molar-refractivity contribution in [3.8, 4) is 5.75 Å². The second kappa shape index (κ2) is 8.21. The van der Waals surface area contributed by atoms with Crippen LogP contribution in [0.1, 0.15) is 19.8 Å². The molecule has 0 aliphatic heterocycles. The summed E-state index contributed by atoms with van der Waals surface area (Å²) in [5.74, 6) is 1.87. The molecule has 0 heterocycles. The molecule has 4 nitrogen and oxygen atoms in total. The molecular weight excluding hydrogens is 274 g/mol. The Bertz CT molecular complexity index is 401. The van der Waals surface area contributed by atoms with E-state index in [0.29, 0.717) is 18.2 Å². The fourth-order valence-electron chi connectivity index (χ4n) is 1.31.